The van der Waals surface area contributed by atoms with Crippen LogP contribution in [0.2, 0.25) is 5.02 Å². The summed E-state index contributed by atoms with van der Waals surface area (Å²) in [5, 5.41) is -0.213. The molecule has 0 fully saturated rings. The third-order valence-electron chi connectivity index (χ3n) is 2.93. The van der Waals surface area contributed by atoms with Gasteiger partial charge in [0.15, 0.2) is 0 Å². The summed E-state index contributed by atoms with van der Waals surface area (Å²) in [4.78, 5) is -0.218. The molecule has 0 radical (unpaired) electrons. The van der Waals surface area contributed by atoms with Crippen molar-refractivity contribution in [2.45, 2.75) is 11.4 Å². The molecule has 0 bridgehead atoms. The summed E-state index contributed by atoms with van der Waals surface area (Å²) in [5.41, 5.74) is 0.238. The van der Waals surface area contributed by atoms with E-state index in [1.807, 2.05) is 0 Å². The predicted molar refractivity (Wildman–Crippen MR) is 76.5 cm³/mol. The van der Waals surface area contributed by atoms with Crippen LogP contribution in [0.25, 0.3) is 0 Å². The number of rotatable bonds is 4. The second-order valence-electron chi connectivity index (χ2n) is 4.43. The van der Waals surface area contributed by atoms with Gasteiger partial charge in [-0.2, -0.15) is 4.31 Å². The van der Waals surface area contributed by atoms with Gasteiger partial charge in [0, 0.05) is 19.2 Å². The lowest BCUT2D eigenvalue weighted by Crippen LogP contribution is -2.27. The molecule has 0 amide bonds. The summed E-state index contributed by atoms with van der Waals surface area (Å²) in [6.45, 7) is -0.150. The van der Waals surface area contributed by atoms with Gasteiger partial charge in [0.05, 0.1) is 5.02 Å². The highest BCUT2D eigenvalue weighted by Crippen LogP contribution is 2.25. The summed E-state index contributed by atoms with van der Waals surface area (Å²) < 4.78 is 52.3. The molecule has 0 saturated heterocycles. The fourth-order valence-electron chi connectivity index (χ4n) is 1.80. The highest BCUT2D eigenvalue weighted by molar-refractivity contribution is 7.89. The van der Waals surface area contributed by atoms with Crippen molar-refractivity contribution >= 4 is 21.6 Å². The molecule has 2 aromatic carbocycles. The van der Waals surface area contributed by atoms with Gasteiger partial charge in [-0.25, -0.2) is 17.2 Å². The van der Waals surface area contributed by atoms with E-state index in [0.717, 1.165) is 22.5 Å². The van der Waals surface area contributed by atoms with Crippen LogP contribution in [0.15, 0.2) is 47.4 Å². The smallest absolute Gasteiger partial charge is 0.207 e. The zero-order valence-corrected chi connectivity index (χ0v) is 12.6. The normalized spacial score (nSPS) is 11.9. The SMILES string of the molecule is CN(Cc1ccccc1F)S(=O)(=O)c1ccc(F)cc1Cl. The minimum absolute atomic E-state index is 0.150. The van der Waals surface area contributed by atoms with Gasteiger partial charge in [-0.05, 0) is 24.3 Å². The van der Waals surface area contributed by atoms with Crippen LogP contribution in [0.4, 0.5) is 8.78 Å². The Kier molecular flexibility index (Phi) is 4.61. The molecule has 21 heavy (non-hydrogen) atoms. The van der Waals surface area contributed by atoms with Crippen molar-refractivity contribution in [3.05, 3.63) is 64.7 Å². The van der Waals surface area contributed by atoms with Crippen LogP contribution in [0.5, 0.6) is 0 Å². The molecule has 3 nitrogen and oxygen atoms in total. The molecule has 0 atom stereocenters. The van der Waals surface area contributed by atoms with E-state index in [1.54, 1.807) is 6.07 Å². The number of sulfonamides is 1. The van der Waals surface area contributed by atoms with Gasteiger partial charge in [-0.1, -0.05) is 29.8 Å². The van der Waals surface area contributed by atoms with Crippen LogP contribution in [0.1, 0.15) is 5.56 Å². The summed E-state index contributed by atoms with van der Waals surface area (Å²) in [5.74, 6) is -1.12. The van der Waals surface area contributed by atoms with Gasteiger partial charge >= 0.3 is 0 Å². The molecule has 112 valence electrons. The fourth-order valence-corrected chi connectivity index (χ4v) is 3.45. The first-order valence-corrected chi connectivity index (χ1v) is 7.79. The van der Waals surface area contributed by atoms with Crippen molar-refractivity contribution < 1.29 is 17.2 Å². The number of hydrogen-bond acceptors (Lipinski definition) is 2. The van der Waals surface area contributed by atoms with Crippen molar-refractivity contribution in [2.24, 2.45) is 0 Å². The Morgan fingerprint density at radius 1 is 1.14 bits per heavy atom. The van der Waals surface area contributed by atoms with Gasteiger partial charge in [-0.3, -0.25) is 0 Å². The second kappa shape index (κ2) is 6.09. The Morgan fingerprint density at radius 2 is 1.81 bits per heavy atom. The third kappa shape index (κ3) is 3.40. The highest BCUT2D eigenvalue weighted by atomic mass is 35.5. The fraction of sp³-hybridized carbons (Fsp3) is 0.143. The van der Waals surface area contributed by atoms with Crippen LogP contribution in [0, 0.1) is 11.6 Å². The van der Waals surface area contributed by atoms with E-state index in [0.29, 0.717) is 0 Å². The second-order valence-corrected chi connectivity index (χ2v) is 6.85. The van der Waals surface area contributed by atoms with Crippen molar-refractivity contribution in [3.63, 3.8) is 0 Å². The summed E-state index contributed by atoms with van der Waals surface area (Å²) in [6.07, 6.45) is 0. The Labute approximate surface area is 126 Å². The van der Waals surface area contributed by atoms with Gasteiger partial charge in [0.1, 0.15) is 16.5 Å². The van der Waals surface area contributed by atoms with Gasteiger partial charge in [0.25, 0.3) is 0 Å². The Morgan fingerprint density at radius 3 is 2.43 bits per heavy atom. The van der Waals surface area contributed by atoms with Crippen molar-refractivity contribution in [1.82, 2.24) is 4.31 Å². The number of halogens is 3. The summed E-state index contributed by atoms with van der Waals surface area (Å²) in [7, 11) is -2.63. The standard InChI is InChI=1S/C14H12ClF2NO2S/c1-18(9-10-4-2-3-5-13(10)17)21(19,20)14-7-6-11(16)8-12(14)15/h2-8H,9H2,1H3. The zero-order chi connectivity index (χ0) is 15.6. The van der Waals surface area contributed by atoms with Gasteiger partial charge < -0.3 is 0 Å². The Balaban J connectivity index is 2.33. The van der Waals surface area contributed by atoms with Crippen LogP contribution in [0.3, 0.4) is 0 Å². The van der Waals surface area contributed by atoms with E-state index < -0.39 is 21.7 Å². The molecule has 0 saturated carbocycles. The molecule has 0 unspecified atom stereocenters. The third-order valence-corrected chi connectivity index (χ3v) is 5.22. The Bertz CT molecular complexity index is 765. The maximum atomic E-state index is 13.6. The minimum atomic E-state index is -3.93. The average Bonchev–Trinajstić information content (AvgIpc) is 2.40. The van der Waals surface area contributed by atoms with Gasteiger partial charge in [0.2, 0.25) is 10.0 Å². The molecular formula is C14H12ClF2NO2S. The van der Waals surface area contributed by atoms with Crippen LogP contribution >= 0.6 is 11.6 Å². The molecule has 0 heterocycles. The average molecular weight is 332 g/mol. The first-order chi connectivity index (χ1) is 9.82. The van der Waals surface area contributed by atoms with Crippen LogP contribution in [-0.2, 0) is 16.6 Å². The lowest BCUT2D eigenvalue weighted by Gasteiger charge is -2.18. The zero-order valence-electron chi connectivity index (χ0n) is 11.1. The topological polar surface area (TPSA) is 37.4 Å². The highest BCUT2D eigenvalue weighted by Gasteiger charge is 2.24. The van der Waals surface area contributed by atoms with Crippen molar-refractivity contribution in [2.75, 3.05) is 7.05 Å². The largest absolute Gasteiger partial charge is 0.244 e. The number of nitrogens with zero attached hydrogens (tertiary/aromatic N) is 1. The van der Waals surface area contributed by atoms with Gasteiger partial charge in [-0.15, -0.1) is 0 Å². The number of hydrogen-bond donors (Lipinski definition) is 0. The molecule has 2 aromatic rings. The molecule has 0 spiro atoms. The molecule has 0 aliphatic heterocycles. The molecular weight excluding hydrogens is 320 g/mol. The maximum absolute atomic E-state index is 13.6. The minimum Gasteiger partial charge on any atom is -0.207 e. The monoisotopic (exact) mass is 331 g/mol. The maximum Gasteiger partial charge on any atom is 0.244 e. The quantitative estimate of drug-likeness (QED) is 0.860. The predicted octanol–water partition coefficient (Wildman–Crippen LogP) is 3.44. The molecule has 0 N–H and O–H groups in total. The number of benzene rings is 2. The lowest BCUT2D eigenvalue weighted by molar-refractivity contribution is 0.456. The van der Waals surface area contributed by atoms with Crippen LogP contribution in [-0.4, -0.2) is 19.8 Å². The Hall–Kier alpha value is -1.50. The van der Waals surface area contributed by atoms with Crippen molar-refractivity contribution in [3.8, 4) is 0 Å². The lowest BCUT2D eigenvalue weighted by atomic mass is 10.2. The summed E-state index contributed by atoms with van der Waals surface area (Å²) >= 11 is 5.77. The van der Waals surface area contributed by atoms with E-state index in [1.165, 1.54) is 25.2 Å². The molecule has 0 aromatic heterocycles. The molecule has 2 rings (SSSR count). The summed E-state index contributed by atoms with van der Waals surface area (Å²) in [6, 6.07) is 8.90. The van der Waals surface area contributed by atoms with E-state index >= 15 is 0 Å². The van der Waals surface area contributed by atoms with Crippen molar-refractivity contribution in [1.29, 1.82) is 0 Å². The van der Waals surface area contributed by atoms with Crippen LogP contribution < -0.4 is 0 Å². The van der Waals surface area contributed by atoms with E-state index in [9.17, 15) is 17.2 Å². The first-order valence-electron chi connectivity index (χ1n) is 5.97. The van der Waals surface area contributed by atoms with E-state index in [-0.39, 0.29) is 22.0 Å². The van der Waals surface area contributed by atoms with E-state index in [2.05, 4.69) is 0 Å². The molecule has 0 aliphatic rings. The first kappa shape index (κ1) is 15.9. The van der Waals surface area contributed by atoms with E-state index in [4.69, 9.17) is 11.6 Å². The molecule has 7 heteroatoms. The molecule has 0 aliphatic carbocycles.